The van der Waals surface area contributed by atoms with E-state index < -0.39 is 5.97 Å². The molecule has 0 saturated carbocycles. The molecule has 0 fully saturated rings. The summed E-state index contributed by atoms with van der Waals surface area (Å²) in [6.45, 7) is 1.99. The number of hydrogen-bond acceptors (Lipinski definition) is 3. The molecule has 6 heteroatoms. The lowest BCUT2D eigenvalue weighted by Crippen LogP contribution is -1.97. The van der Waals surface area contributed by atoms with Crippen molar-refractivity contribution in [2.75, 3.05) is 0 Å². The van der Waals surface area contributed by atoms with Gasteiger partial charge in [0.15, 0.2) is 0 Å². The molecule has 3 nitrogen and oxygen atoms in total. The molecule has 2 rings (SSSR count). The van der Waals surface area contributed by atoms with E-state index in [0.29, 0.717) is 4.47 Å². The molecule has 0 amide bonds. The summed E-state index contributed by atoms with van der Waals surface area (Å²) in [7, 11) is 0. The number of benzene rings is 1. The molecule has 0 aliphatic heterocycles. The number of pyridine rings is 1. The third-order valence-corrected chi connectivity index (χ3v) is 5.38. The molecule has 1 aromatic heterocycles. The van der Waals surface area contributed by atoms with E-state index in [-0.39, 0.29) is 5.56 Å². The molecule has 0 spiro atoms. The van der Waals surface area contributed by atoms with Crippen molar-refractivity contribution in [1.82, 2.24) is 4.98 Å². The highest BCUT2D eigenvalue weighted by Gasteiger charge is 2.11. The van der Waals surface area contributed by atoms with Crippen molar-refractivity contribution >= 4 is 49.6 Å². The van der Waals surface area contributed by atoms with Gasteiger partial charge >= 0.3 is 5.97 Å². The molecular formula is C13H9Br2NO2S. The normalized spacial score (nSPS) is 10.5. The zero-order valence-corrected chi connectivity index (χ0v) is 13.8. The van der Waals surface area contributed by atoms with E-state index in [0.717, 1.165) is 20.0 Å². The number of carbonyl (C=O) groups is 1. The van der Waals surface area contributed by atoms with Crippen molar-refractivity contribution < 1.29 is 9.90 Å². The average Bonchev–Trinajstić information content (AvgIpc) is 2.37. The van der Waals surface area contributed by atoms with E-state index in [1.807, 2.05) is 19.1 Å². The molecule has 0 unspecified atom stereocenters. The van der Waals surface area contributed by atoms with Crippen LogP contribution in [0.5, 0.6) is 0 Å². The Morgan fingerprint density at radius 1 is 1.32 bits per heavy atom. The number of carboxylic acid groups (broad SMARTS) is 1. The van der Waals surface area contributed by atoms with Crippen molar-refractivity contribution in [3.05, 3.63) is 50.5 Å². The van der Waals surface area contributed by atoms with Gasteiger partial charge in [0.2, 0.25) is 0 Å². The smallest absolute Gasteiger partial charge is 0.336 e. The summed E-state index contributed by atoms with van der Waals surface area (Å²) in [6.07, 6.45) is 1.74. The predicted octanol–water partition coefficient (Wildman–Crippen LogP) is 4.76. The highest BCUT2D eigenvalue weighted by molar-refractivity contribution is 9.10. The highest BCUT2D eigenvalue weighted by Crippen LogP contribution is 2.34. The van der Waals surface area contributed by atoms with E-state index in [2.05, 4.69) is 36.8 Å². The fraction of sp³-hybridized carbons (Fsp3) is 0.0769. The average molecular weight is 403 g/mol. The first-order valence-electron chi connectivity index (χ1n) is 5.31. The van der Waals surface area contributed by atoms with Crippen molar-refractivity contribution in [2.45, 2.75) is 16.8 Å². The summed E-state index contributed by atoms with van der Waals surface area (Å²) in [5.74, 6) is -0.953. The van der Waals surface area contributed by atoms with Gasteiger partial charge in [0.05, 0.1) is 10.0 Å². The maximum absolute atomic E-state index is 11.1. The number of hydrogen-bond donors (Lipinski definition) is 1. The minimum Gasteiger partial charge on any atom is -0.478 e. The molecule has 2 aromatic rings. The maximum Gasteiger partial charge on any atom is 0.336 e. The van der Waals surface area contributed by atoms with E-state index in [1.165, 1.54) is 11.8 Å². The van der Waals surface area contributed by atoms with Crippen molar-refractivity contribution in [1.29, 1.82) is 0 Å². The maximum atomic E-state index is 11.1. The van der Waals surface area contributed by atoms with E-state index in [4.69, 9.17) is 5.11 Å². The number of rotatable bonds is 3. The van der Waals surface area contributed by atoms with Crippen molar-refractivity contribution in [3.63, 3.8) is 0 Å². The summed E-state index contributed by atoms with van der Waals surface area (Å²) < 4.78 is 1.50. The number of halogens is 2. The van der Waals surface area contributed by atoms with Crippen LogP contribution in [0.15, 0.2) is 49.3 Å². The summed E-state index contributed by atoms with van der Waals surface area (Å²) in [5, 5.41) is 9.91. The van der Waals surface area contributed by atoms with Crippen LogP contribution in [-0.2, 0) is 0 Å². The largest absolute Gasteiger partial charge is 0.478 e. The van der Waals surface area contributed by atoms with Gasteiger partial charge in [-0.05, 0) is 68.6 Å². The Kier molecular flexibility index (Phi) is 4.65. The summed E-state index contributed by atoms with van der Waals surface area (Å²) in [6, 6.07) is 7.14. The molecule has 98 valence electrons. The van der Waals surface area contributed by atoms with Crippen LogP contribution in [-0.4, -0.2) is 16.1 Å². The molecule has 0 atom stereocenters. The number of aromatic nitrogens is 1. The Bertz CT molecular complexity index is 647. The van der Waals surface area contributed by atoms with Crippen LogP contribution >= 0.6 is 43.6 Å². The van der Waals surface area contributed by atoms with Crippen LogP contribution in [0.3, 0.4) is 0 Å². The third kappa shape index (κ3) is 3.38. The number of nitrogens with zero attached hydrogens (tertiary/aromatic N) is 1. The molecular weight excluding hydrogens is 394 g/mol. The van der Waals surface area contributed by atoms with Gasteiger partial charge in [0.25, 0.3) is 0 Å². The molecule has 1 N–H and O–H groups in total. The van der Waals surface area contributed by atoms with Crippen LogP contribution in [0.25, 0.3) is 0 Å². The van der Waals surface area contributed by atoms with Crippen LogP contribution in [0.1, 0.15) is 15.9 Å². The van der Waals surface area contributed by atoms with Crippen LogP contribution in [0.4, 0.5) is 0 Å². The Balaban J connectivity index is 2.36. The molecule has 1 heterocycles. The standard InChI is InChI=1S/C13H9Br2NO2S/c1-7-4-5-16-12(11(7)15)19-8-2-3-10(14)9(6-8)13(17)18/h2-6H,1H3,(H,17,18). The van der Waals surface area contributed by atoms with Crippen LogP contribution in [0.2, 0.25) is 0 Å². The van der Waals surface area contributed by atoms with E-state index >= 15 is 0 Å². The van der Waals surface area contributed by atoms with Gasteiger partial charge in [0.1, 0.15) is 5.03 Å². The van der Waals surface area contributed by atoms with Gasteiger partial charge in [-0.15, -0.1) is 0 Å². The lowest BCUT2D eigenvalue weighted by molar-refractivity contribution is 0.0695. The molecule has 0 bridgehead atoms. The molecule has 1 aromatic carbocycles. The first-order valence-corrected chi connectivity index (χ1v) is 7.71. The summed E-state index contributed by atoms with van der Waals surface area (Å²) in [4.78, 5) is 16.2. The lowest BCUT2D eigenvalue weighted by Gasteiger charge is -2.07. The first kappa shape index (κ1) is 14.6. The number of aromatic carboxylic acids is 1. The number of carboxylic acids is 1. The van der Waals surface area contributed by atoms with Gasteiger partial charge in [-0.25, -0.2) is 9.78 Å². The SMILES string of the molecule is Cc1ccnc(Sc2ccc(Br)c(C(=O)O)c2)c1Br. The molecule has 0 aliphatic carbocycles. The number of aryl methyl sites for hydroxylation is 1. The topological polar surface area (TPSA) is 50.2 Å². The zero-order chi connectivity index (χ0) is 14.0. The van der Waals surface area contributed by atoms with Crippen molar-refractivity contribution in [3.8, 4) is 0 Å². The molecule has 19 heavy (non-hydrogen) atoms. The quantitative estimate of drug-likeness (QED) is 0.803. The fourth-order valence-electron chi connectivity index (χ4n) is 1.43. The molecule has 0 aliphatic rings. The summed E-state index contributed by atoms with van der Waals surface area (Å²) in [5.41, 5.74) is 1.34. The van der Waals surface area contributed by atoms with Gasteiger partial charge in [-0.1, -0.05) is 11.8 Å². The predicted molar refractivity (Wildman–Crippen MR) is 81.9 cm³/mol. The van der Waals surface area contributed by atoms with Gasteiger partial charge in [-0.2, -0.15) is 0 Å². The first-order chi connectivity index (χ1) is 8.99. The summed E-state index contributed by atoms with van der Waals surface area (Å²) >= 11 is 8.14. The monoisotopic (exact) mass is 401 g/mol. The van der Waals surface area contributed by atoms with E-state index in [1.54, 1.807) is 18.3 Å². The van der Waals surface area contributed by atoms with Crippen molar-refractivity contribution in [2.24, 2.45) is 0 Å². The Hall–Kier alpha value is -0.850. The minimum absolute atomic E-state index is 0.244. The van der Waals surface area contributed by atoms with Gasteiger partial charge < -0.3 is 5.11 Å². The van der Waals surface area contributed by atoms with Gasteiger partial charge in [-0.3, -0.25) is 0 Å². The Morgan fingerprint density at radius 2 is 2.05 bits per heavy atom. The Labute approximate surface area is 131 Å². The highest BCUT2D eigenvalue weighted by atomic mass is 79.9. The Morgan fingerprint density at radius 3 is 2.74 bits per heavy atom. The third-order valence-electron chi connectivity index (χ3n) is 2.43. The van der Waals surface area contributed by atoms with Crippen LogP contribution in [0, 0.1) is 6.92 Å². The van der Waals surface area contributed by atoms with E-state index in [9.17, 15) is 4.79 Å². The zero-order valence-electron chi connectivity index (χ0n) is 9.85. The lowest BCUT2D eigenvalue weighted by atomic mass is 10.2. The second kappa shape index (κ2) is 6.07. The van der Waals surface area contributed by atoms with Gasteiger partial charge in [0, 0.05) is 15.6 Å². The second-order valence-corrected chi connectivity index (χ2v) is 6.51. The fourth-order valence-corrected chi connectivity index (χ4v) is 3.22. The minimum atomic E-state index is -0.953. The second-order valence-electron chi connectivity index (χ2n) is 3.80. The van der Waals surface area contributed by atoms with Crippen LogP contribution < -0.4 is 0 Å². The molecule has 0 saturated heterocycles. The molecule has 0 radical (unpaired) electrons.